The Hall–Kier alpha value is -0.830. The van der Waals surface area contributed by atoms with Gasteiger partial charge in [0.1, 0.15) is 0 Å². The minimum absolute atomic E-state index is 0.210. The van der Waals surface area contributed by atoms with Crippen molar-refractivity contribution >= 4 is 0 Å². The number of aromatic nitrogens is 2. The first-order valence-corrected chi connectivity index (χ1v) is 6.35. The van der Waals surface area contributed by atoms with E-state index in [9.17, 15) is 0 Å². The molecule has 1 atom stereocenters. The van der Waals surface area contributed by atoms with E-state index in [1.807, 2.05) is 12.5 Å². The molecule has 0 amide bonds. The van der Waals surface area contributed by atoms with Crippen molar-refractivity contribution in [1.82, 2.24) is 9.55 Å². The Morgan fingerprint density at radius 2 is 1.94 bits per heavy atom. The van der Waals surface area contributed by atoms with Crippen LogP contribution in [0.3, 0.4) is 0 Å². The fourth-order valence-electron chi connectivity index (χ4n) is 1.97. The Balaban J connectivity index is 2.77. The molecule has 0 aliphatic carbocycles. The lowest BCUT2D eigenvalue weighted by Crippen LogP contribution is -2.32. The average molecular weight is 223 g/mol. The van der Waals surface area contributed by atoms with Gasteiger partial charge >= 0.3 is 0 Å². The van der Waals surface area contributed by atoms with Gasteiger partial charge in [-0.05, 0) is 18.8 Å². The minimum Gasteiger partial charge on any atom is -0.333 e. The Kier molecular flexibility index (Phi) is 5.00. The number of hydrogen-bond acceptors (Lipinski definition) is 2. The van der Waals surface area contributed by atoms with Gasteiger partial charge < -0.3 is 10.3 Å². The van der Waals surface area contributed by atoms with Crippen LogP contribution < -0.4 is 5.73 Å². The Morgan fingerprint density at radius 3 is 2.44 bits per heavy atom. The second kappa shape index (κ2) is 6.04. The molecule has 1 heterocycles. The van der Waals surface area contributed by atoms with Crippen LogP contribution in [0.5, 0.6) is 0 Å². The number of imidazole rings is 1. The number of hydrogen-bond donors (Lipinski definition) is 1. The molecule has 1 rings (SSSR count). The summed E-state index contributed by atoms with van der Waals surface area (Å²) in [7, 11) is 0. The first-order valence-electron chi connectivity index (χ1n) is 6.35. The molecule has 0 aliphatic rings. The highest BCUT2D eigenvalue weighted by molar-refractivity contribution is 5.06. The quantitative estimate of drug-likeness (QED) is 0.806. The second-order valence-electron chi connectivity index (χ2n) is 4.89. The van der Waals surface area contributed by atoms with Crippen LogP contribution in [0, 0.1) is 5.92 Å². The molecular weight excluding hydrogens is 198 g/mol. The van der Waals surface area contributed by atoms with E-state index in [1.54, 1.807) is 0 Å². The molecule has 2 N–H and O–H groups in total. The van der Waals surface area contributed by atoms with Crippen molar-refractivity contribution in [2.75, 3.05) is 0 Å². The van der Waals surface area contributed by atoms with Crippen LogP contribution in [0.15, 0.2) is 12.5 Å². The zero-order valence-electron chi connectivity index (χ0n) is 11.0. The third kappa shape index (κ3) is 3.08. The molecule has 0 saturated heterocycles. The monoisotopic (exact) mass is 223 g/mol. The highest BCUT2D eigenvalue weighted by Crippen LogP contribution is 2.22. The maximum Gasteiger partial charge on any atom is 0.0948 e. The van der Waals surface area contributed by atoms with Gasteiger partial charge in [0.25, 0.3) is 0 Å². The molecule has 0 radical (unpaired) electrons. The molecule has 0 saturated carbocycles. The number of nitrogens with two attached hydrogens (primary N) is 1. The molecule has 1 aromatic rings. The molecule has 1 unspecified atom stereocenters. The highest BCUT2D eigenvalue weighted by Gasteiger charge is 2.15. The van der Waals surface area contributed by atoms with Crippen molar-refractivity contribution in [3.8, 4) is 0 Å². The molecule has 0 fully saturated rings. The lowest BCUT2D eigenvalue weighted by molar-refractivity contribution is 0.419. The summed E-state index contributed by atoms with van der Waals surface area (Å²) < 4.78 is 2.22. The van der Waals surface area contributed by atoms with Crippen molar-refractivity contribution in [3.05, 3.63) is 18.2 Å². The van der Waals surface area contributed by atoms with Gasteiger partial charge in [-0.1, -0.05) is 27.7 Å². The number of rotatable bonds is 6. The van der Waals surface area contributed by atoms with Crippen LogP contribution >= 0.6 is 0 Å². The van der Waals surface area contributed by atoms with Crippen molar-refractivity contribution < 1.29 is 0 Å². The molecule has 0 bridgehead atoms. The fraction of sp³-hybridized carbons (Fsp3) is 0.769. The van der Waals surface area contributed by atoms with Gasteiger partial charge in [-0.2, -0.15) is 0 Å². The van der Waals surface area contributed by atoms with Gasteiger partial charge in [0.15, 0.2) is 0 Å². The van der Waals surface area contributed by atoms with E-state index in [2.05, 4.69) is 37.2 Å². The van der Waals surface area contributed by atoms with E-state index >= 15 is 0 Å². The maximum absolute atomic E-state index is 6.11. The first kappa shape index (κ1) is 13.2. The summed E-state index contributed by atoms with van der Waals surface area (Å²) in [6.07, 6.45) is 6.23. The molecule has 0 aromatic carbocycles. The molecule has 0 aliphatic heterocycles. The van der Waals surface area contributed by atoms with Gasteiger partial charge in [-0.15, -0.1) is 0 Å². The second-order valence-corrected chi connectivity index (χ2v) is 4.89. The van der Waals surface area contributed by atoms with E-state index in [0.29, 0.717) is 11.8 Å². The first-order chi connectivity index (χ1) is 7.60. The van der Waals surface area contributed by atoms with Gasteiger partial charge in [0, 0.05) is 30.4 Å². The standard InChI is InChI=1S/C13H25N3/c1-5-11(6-2)13-7-15-9-16(13)8-12(14)10(3)4/h7,9-12H,5-6,8,14H2,1-4H3. The van der Waals surface area contributed by atoms with Crippen LogP contribution in [-0.4, -0.2) is 15.6 Å². The SMILES string of the molecule is CCC(CC)c1cncn1CC(N)C(C)C. The smallest absolute Gasteiger partial charge is 0.0948 e. The average Bonchev–Trinajstić information content (AvgIpc) is 2.68. The molecule has 1 aromatic heterocycles. The third-order valence-electron chi connectivity index (χ3n) is 3.41. The van der Waals surface area contributed by atoms with Crippen molar-refractivity contribution in [3.63, 3.8) is 0 Å². The van der Waals surface area contributed by atoms with E-state index in [4.69, 9.17) is 5.73 Å². The van der Waals surface area contributed by atoms with Gasteiger partial charge in [0.2, 0.25) is 0 Å². The molecule has 0 spiro atoms. The normalized spacial score (nSPS) is 13.7. The topological polar surface area (TPSA) is 43.8 Å². The maximum atomic E-state index is 6.11. The Morgan fingerprint density at radius 1 is 1.31 bits per heavy atom. The van der Waals surface area contributed by atoms with Crippen molar-refractivity contribution in [2.45, 2.75) is 59.0 Å². The fourth-order valence-corrected chi connectivity index (χ4v) is 1.97. The largest absolute Gasteiger partial charge is 0.333 e. The van der Waals surface area contributed by atoms with Crippen molar-refractivity contribution in [2.24, 2.45) is 11.7 Å². The summed E-state index contributed by atoms with van der Waals surface area (Å²) in [5, 5.41) is 0. The van der Waals surface area contributed by atoms with Crippen LogP contribution in [0.1, 0.15) is 52.1 Å². The Labute approximate surface area is 99.1 Å². The minimum atomic E-state index is 0.210. The van der Waals surface area contributed by atoms with Crippen LogP contribution in [0.25, 0.3) is 0 Å². The predicted molar refractivity (Wildman–Crippen MR) is 68.4 cm³/mol. The lowest BCUT2D eigenvalue weighted by Gasteiger charge is -2.20. The Bertz CT molecular complexity index is 300. The third-order valence-corrected chi connectivity index (χ3v) is 3.41. The summed E-state index contributed by atoms with van der Waals surface area (Å²) >= 11 is 0. The van der Waals surface area contributed by atoms with Crippen LogP contribution in [-0.2, 0) is 6.54 Å². The van der Waals surface area contributed by atoms with E-state index in [-0.39, 0.29) is 6.04 Å². The van der Waals surface area contributed by atoms with Crippen LogP contribution in [0.4, 0.5) is 0 Å². The summed E-state index contributed by atoms with van der Waals surface area (Å²) in [4.78, 5) is 4.26. The molecule has 3 nitrogen and oxygen atoms in total. The van der Waals surface area contributed by atoms with Gasteiger partial charge in [-0.3, -0.25) is 0 Å². The molecule has 92 valence electrons. The van der Waals surface area contributed by atoms with E-state index in [0.717, 1.165) is 6.54 Å². The molecule has 3 heteroatoms. The lowest BCUT2D eigenvalue weighted by atomic mass is 9.99. The van der Waals surface area contributed by atoms with Gasteiger partial charge in [-0.25, -0.2) is 4.98 Å². The molecule has 16 heavy (non-hydrogen) atoms. The predicted octanol–water partition coefficient (Wildman–Crippen LogP) is 2.77. The van der Waals surface area contributed by atoms with Crippen LogP contribution in [0.2, 0.25) is 0 Å². The molecular formula is C13H25N3. The summed E-state index contributed by atoms with van der Waals surface area (Å²) in [5.41, 5.74) is 7.45. The highest BCUT2D eigenvalue weighted by atomic mass is 15.1. The summed E-state index contributed by atoms with van der Waals surface area (Å²) in [5.74, 6) is 1.12. The van der Waals surface area contributed by atoms with Gasteiger partial charge in [0.05, 0.1) is 6.33 Å². The zero-order valence-corrected chi connectivity index (χ0v) is 11.0. The summed E-state index contributed by atoms with van der Waals surface area (Å²) in [6, 6.07) is 0.210. The zero-order chi connectivity index (χ0) is 12.1. The van der Waals surface area contributed by atoms with E-state index < -0.39 is 0 Å². The summed E-state index contributed by atoms with van der Waals surface area (Å²) in [6.45, 7) is 9.67. The van der Waals surface area contributed by atoms with E-state index in [1.165, 1.54) is 18.5 Å². The number of nitrogens with zero attached hydrogens (tertiary/aromatic N) is 2. The van der Waals surface area contributed by atoms with Crippen molar-refractivity contribution in [1.29, 1.82) is 0 Å².